The SMILES string of the molecule is CN(C)C=Nc1ccnc(=O)n1C1OC(CO[Si](c2ccccc2)(c2ccccc2)C(C)(C)C)C(O)C1(C)O. The Morgan fingerprint density at radius 1 is 1.10 bits per heavy atom. The van der Waals surface area contributed by atoms with Crippen LogP contribution in [0.15, 0.2) is 82.7 Å². The molecule has 1 aliphatic rings. The van der Waals surface area contributed by atoms with Crippen LogP contribution < -0.4 is 16.1 Å². The summed E-state index contributed by atoms with van der Waals surface area (Å²) in [6.45, 7) is 7.94. The second-order valence-corrected chi connectivity index (χ2v) is 15.6. The molecule has 208 valence electrons. The van der Waals surface area contributed by atoms with E-state index < -0.39 is 38.0 Å². The first kappa shape index (κ1) is 28.8. The smallest absolute Gasteiger partial charge is 0.351 e. The highest BCUT2D eigenvalue weighted by Gasteiger charge is 2.56. The van der Waals surface area contributed by atoms with Gasteiger partial charge in [-0.05, 0) is 28.4 Å². The molecule has 0 bridgehead atoms. The van der Waals surface area contributed by atoms with Crippen molar-refractivity contribution in [1.82, 2.24) is 14.5 Å². The molecule has 4 unspecified atom stereocenters. The Morgan fingerprint density at radius 2 is 1.67 bits per heavy atom. The molecule has 0 radical (unpaired) electrons. The van der Waals surface area contributed by atoms with Crippen LogP contribution in [0.2, 0.25) is 5.04 Å². The van der Waals surface area contributed by atoms with Gasteiger partial charge in [0.2, 0.25) is 0 Å². The predicted molar refractivity (Wildman–Crippen MR) is 154 cm³/mol. The number of hydrogen-bond acceptors (Lipinski definition) is 7. The zero-order valence-corrected chi connectivity index (χ0v) is 24.4. The quantitative estimate of drug-likeness (QED) is 0.251. The maximum atomic E-state index is 12.9. The van der Waals surface area contributed by atoms with E-state index in [1.165, 1.54) is 24.0 Å². The number of nitrogens with zero attached hydrogens (tertiary/aromatic N) is 4. The molecule has 4 atom stereocenters. The van der Waals surface area contributed by atoms with Gasteiger partial charge in [-0.2, -0.15) is 0 Å². The maximum Gasteiger partial charge on any atom is 0.351 e. The molecule has 0 saturated carbocycles. The molecule has 1 aromatic heterocycles. The molecule has 4 rings (SSSR count). The highest BCUT2D eigenvalue weighted by Crippen LogP contribution is 2.41. The van der Waals surface area contributed by atoms with Gasteiger partial charge in [0, 0.05) is 20.3 Å². The predicted octanol–water partition coefficient (Wildman–Crippen LogP) is 2.05. The molecule has 39 heavy (non-hydrogen) atoms. The van der Waals surface area contributed by atoms with Gasteiger partial charge in [-0.25, -0.2) is 19.3 Å². The second-order valence-electron chi connectivity index (χ2n) is 11.3. The number of aromatic nitrogens is 2. The van der Waals surface area contributed by atoms with Crippen molar-refractivity contribution in [3.63, 3.8) is 0 Å². The van der Waals surface area contributed by atoms with Crippen molar-refractivity contribution in [3.8, 4) is 0 Å². The first-order chi connectivity index (χ1) is 18.4. The molecule has 3 aromatic rings. The molecule has 0 spiro atoms. The third-order valence-corrected chi connectivity index (χ3v) is 12.2. The lowest BCUT2D eigenvalue weighted by atomic mass is 9.96. The van der Waals surface area contributed by atoms with Crippen LogP contribution in [0.4, 0.5) is 5.82 Å². The fraction of sp³-hybridized carbons (Fsp3) is 0.414. The van der Waals surface area contributed by atoms with Crippen molar-refractivity contribution in [2.75, 3.05) is 20.7 Å². The van der Waals surface area contributed by atoms with Crippen molar-refractivity contribution in [3.05, 3.63) is 83.4 Å². The lowest BCUT2D eigenvalue weighted by Crippen LogP contribution is -2.67. The van der Waals surface area contributed by atoms with E-state index in [9.17, 15) is 15.0 Å². The molecule has 1 saturated heterocycles. The van der Waals surface area contributed by atoms with Crippen LogP contribution >= 0.6 is 0 Å². The Balaban J connectivity index is 1.73. The van der Waals surface area contributed by atoms with Gasteiger partial charge < -0.3 is 24.3 Å². The number of ether oxygens (including phenoxy) is 1. The van der Waals surface area contributed by atoms with E-state index in [-0.39, 0.29) is 17.5 Å². The first-order valence-electron chi connectivity index (χ1n) is 13.0. The van der Waals surface area contributed by atoms with Gasteiger partial charge in [0.1, 0.15) is 23.6 Å². The molecule has 2 heterocycles. The number of hydrogen-bond donors (Lipinski definition) is 2. The molecule has 1 fully saturated rings. The minimum atomic E-state index is -2.92. The van der Waals surface area contributed by atoms with Gasteiger partial charge >= 0.3 is 5.69 Å². The third kappa shape index (κ3) is 5.48. The molecule has 2 aromatic carbocycles. The van der Waals surface area contributed by atoms with Crippen LogP contribution in [-0.4, -0.2) is 77.8 Å². The summed E-state index contributed by atoms with van der Waals surface area (Å²) in [5.74, 6) is 0.245. The summed E-state index contributed by atoms with van der Waals surface area (Å²) in [4.78, 5) is 22.8. The van der Waals surface area contributed by atoms with E-state index in [0.29, 0.717) is 0 Å². The summed E-state index contributed by atoms with van der Waals surface area (Å²) in [5.41, 5.74) is -2.45. The Labute approximate surface area is 230 Å². The summed E-state index contributed by atoms with van der Waals surface area (Å²) in [5, 5.41) is 24.6. The first-order valence-corrected chi connectivity index (χ1v) is 14.9. The Hall–Kier alpha value is -3.15. The number of rotatable bonds is 8. The van der Waals surface area contributed by atoms with E-state index in [1.54, 1.807) is 25.1 Å². The Kier molecular flexibility index (Phi) is 8.24. The van der Waals surface area contributed by atoms with Gasteiger partial charge in [0.15, 0.2) is 6.23 Å². The van der Waals surface area contributed by atoms with Crippen molar-refractivity contribution >= 4 is 30.8 Å². The number of aliphatic hydroxyl groups excluding tert-OH is 1. The minimum absolute atomic E-state index is 0.00636. The highest BCUT2D eigenvalue weighted by atomic mass is 28.4. The average molecular weight is 551 g/mol. The van der Waals surface area contributed by atoms with E-state index in [2.05, 4.69) is 55.0 Å². The van der Waals surface area contributed by atoms with Gasteiger partial charge in [-0.1, -0.05) is 81.4 Å². The van der Waals surface area contributed by atoms with Gasteiger partial charge in [-0.3, -0.25) is 0 Å². The summed E-state index contributed by atoms with van der Waals surface area (Å²) >= 11 is 0. The van der Waals surface area contributed by atoms with Crippen LogP contribution in [0.5, 0.6) is 0 Å². The zero-order valence-electron chi connectivity index (χ0n) is 23.4. The molecule has 9 nitrogen and oxygen atoms in total. The standard InChI is InChI=1S/C29H38N4O5Si/c1-28(2,3)39(21-13-9-7-10-14-21,22-15-11-8-12-16-22)37-19-23-25(34)29(4,36)26(38-23)33-24(31-20-32(5)6)17-18-30-27(33)35/h7-18,20,23,25-26,34,36H,19H2,1-6H3. The summed E-state index contributed by atoms with van der Waals surface area (Å²) < 4.78 is 14.3. The molecule has 2 N–H and O–H groups in total. The van der Waals surface area contributed by atoms with Crippen molar-refractivity contribution in [1.29, 1.82) is 0 Å². The van der Waals surface area contributed by atoms with E-state index >= 15 is 0 Å². The number of aliphatic hydroxyl groups is 2. The molecule has 0 amide bonds. The minimum Gasteiger partial charge on any atom is -0.405 e. The fourth-order valence-electron chi connectivity index (χ4n) is 5.23. The molecular formula is C29H38N4O5Si. The third-order valence-electron chi connectivity index (χ3n) is 7.15. The van der Waals surface area contributed by atoms with Crippen molar-refractivity contribution < 1.29 is 19.4 Å². The molecule has 10 heteroatoms. The molecule has 1 aliphatic heterocycles. The second kappa shape index (κ2) is 11.1. The largest absolute Gasteiger partial charge is 0.405 e. The van der Waals surface area contributed by atoms with Crippen LogP contribution in [0, 0.1) is 0 Å². The van der Waals surface area contributed by atoms with Crippen LogP contribution in [0.25, 0.3) is 0 Å². The highest BCUT2D eigenvalue weighted by molar-refractivity contribution is 6.99. The number of benzene rings is 2. The summed E-state index contributed by atoms with van der Waals surface area (Å²) in [6, 6.07) is 21.8. The van der Waals surface area contributed by atoms with E-state index in [4.69, 9.17) is 9.16 Å². The lowest BCUT2D eigenvalue weighted by molar-refractivity contribution is -0.0976. The normalized spacial score (nSPS) is 23.8. The molecule has 0 aliphatic carbocycles. The van der Waals surface area contributed by atoms with Crippen LogP contribution in [0.1, 0.15) is 33.9 Å². The fourth-order valence-corrected chi connectivity index (χ4v) is 9.80. The average Bonchev–Trinajstić information content (AvgIpc) is 3.11. The van der Waals surface area contributed by atoms with Crippen molar-refractivity contribution in [2.24, 2.45) is 4.99 Å². The maximum absolute atomic E-state index is 12.9. The van der Waals surface area contributed by atoms with E-state index in [0.717, 1.165) is 10.4 Å². The monoisotopic (exact) mass is 550 g/mol. The van der Waals surface area contributed by atoms with Gasteiger partial charge in [0.05, 0.1) is 12.9 Å². The summed E-state index contributed by atoms with van der Waals surface area (Å²) in [6.07, 6.45) is -0.585. The number of aliphatic imine (C=N–C) groups is 1. The Bertz CT molecular complexity index is 1300. The molecular weight excluding hydrogens is 512 g/mol. The van der Waals surface area contributed by atoms with Gasteiger partial charge in [-0.15, -0.1) is 0 Å². The van der Waals surface area contributed by atoms with Crippen LogP contribution in [-0.2, 0) is 9.16 Å². The zero-order chi connectivity index (χ0) is 28.4. The lowest BCUT2D eigenvalue weighted by Gasteiger charge is -2.43. The summed E-state index contributed by atoms with van der Waals surface area (Å²) in [7, 11) is 0.682. The topological polar surface area (TPSA) is 109 Å². The van der Waals surface area contributed by atoms with Crippen LogP contribution in [0.3, 0.4) is 0 Å². The Morgan fingerprint density at radius 3 is 2.18 bits per heavy atom. The van der Waals surface area contributed by atoms with Gasteiger partial charge in [0.25, 0.3) is 8.32 Å². The van der Waals surface area contributed by atoms with E-state index in [1.807, 2.05) is 36.4 Å². The van der Waals surface area contributed by atoms with Crippen molar-refractivity contribution in [2.45, 2.75) is 56.8 Å².